The Hall–Kier alpha value is -1.15. The number of rotatable bonds is 8. The third-order valence-electron chi connectivity index (χ3n) is 4.18. The van der Waals surface area contributed by atoms with E-state index in [1.165, 1.54) is 44.1 Å². The first-order chi connectivity index (χ1) is 9.79. The summed E-state index contributed by atoms with van der Waals surface area (Å²) in [5.74, 6) is 0.109. The largest absolute Gasteiger partial charge is 0.314 e. The highest BCUT2D eigenvalue weighted by atomic mass is 16.1. The standard InChI is InChI=1S/C18H26NO/c1-2-18(20)16-12-10-15(11-13-16)7-5-6-14-19-17-8-3-4-9-17/h2,10-13,17,19H,3-9,14H2,1H3. The van der Waals surface area contributed by atoms with Gasteiger partial charge in [-0.05, 0) is 44.2 Å². The lowest BCUT2D eigenvalue weighted by molar-refractivity contribution is 0.103. The van der Waals surface area contributed by atoms with E-state index < -0.39 is 0 Å². The first kappa shape index (κ1) is 15.2. The van der Waals surface area contributed by atoms with Crippen molar-refractivity contribution in [2.75, 3.05) is 6.54 Å². The molecular weight excluding hydrogens is 246 g/mol. The van der Waals surface area contributed by atoms with E-state index in [1.54, 1.807) is 13.3 Å². The van der Waals surface area contributed by atoms with Gasteiger partial charge in [-0.2, -0.15) is 0 Å². The highest BCUT2D eigenvalue weighted by molar-refractivity contribution is 6.02. The number of hydrogen-bond donors (Lipinski definition) is 1. The van der Waals surface area contributed by atoms with Crippen molar-refractivity contribution in [3.8, 4) is 0 Å². The minimum Gasteiger partial charge on any atom is -0.314 e. The van der Waals surface area contributed by atoms with E-state index in [2.05, 4.69) is 17.4 Å². The molecule has 0 saturated heterocycles. The van der Waals surface area contributed by atoms with Gasteiger partial charge in [-0.3, -0.25) is 4.79 Å². The molecule has 0 unspecified atom stereocenters. The van der Waals surface area contributed by atoms with E-state index in [4.69, 9.17) is 0 Å². The molecule has 1 aliphatic rings. The molecule has 1 aliphatic carbocycles. The molecule has 1 aromatic rings. The van der Waals surface area contributed by atoms with Gasteiger partial charge in [-0.25, -0.2) is 0 Å². The molecular formula is C18H26NO. The Morgan fingerprint density at radius 2 is 1.90 bits per heavy atom. The van der Waals surface area contributed by atoms with E-state index in [-0.39, 0.29) is 5.78 Å². The summed E-state index contributed by atoms with van der Waals surface area (Å²) in [7, 11) is 0. The molecule has 0 atom stereocenters. The lowest BCUT2D eigenvalue weighted by Gasteiger charge is -2.11. The number of hydrogen-bond acceptors (Lipinski definition) is 2. The second-order valence-electron chi connectivity index (χ2n) is 5.74. The fourth-order valence-electron chi connectivity index (χ4n) is 2.89. The number of carbonyl (C=O) groups is 1. The van der Waals surface area contributed by atoms with Crippen LogP contribution in [0.3, 0.4) is 0 Å². The second-order valence-corrected chi connectivity index (χ2v) is 5.74. The summed E-state index contributed by atoms with van der Waals surface area (Å²) < 4.78 is 0. The molecule has 20 heavy (non-hydrogen) atoms. The van der Waals surface area contributed by atoms with E-state index in [9.17, 15) is 4.79 Å². The molecule has 1 saturated carbocycles. The van der Waals surface area contributed by atoms with Crippen LogP contribution < -0.4 is 5.32 Å². The van der Waals surface area contributed by atoms with Crippen molar-refractivity contribution in [2.24, 2.45) is 0 Å². The molecule has 0 aliphatic heterocycles. The van der Waals surface area contributed by atoms with Gasteiger partial charge in [0.2, 0.25) is 0 Å². The zero-order valence-electron chi connectivity index (χ0n) is 12.5. The second kappa shape index (κ2) is 8.21. The SMILES string of the molecule is C[CH]C(=O)c1ccc(CCCCNC2CCCC2)cc1. The number of ketones is 1. The van der Waals surface area contributed by atoms with Gasteiger partial charge in [-0.1, -0.05) is 44.0 Å². The smallest absolute Gasteiger partial charge is 0.166 e. The Morgan fingerprint density at radius 3 is 2.55 bits per heavy atom. The van der Waals surface area contributed by atoms with Crippen LogP contribution in [0.2, 0.25) is 0 Å². The number of unbranched alkanes of at least 4 members (excludes halogenated alkanes) is 1. The van der Waals surface area contributed by atoms with Crippen LogP contribution in [0.5, 0.6) is 0 Å². The maximum Gasteiger partial charge on any atom is 0.166 e. The Labute approximate surface area is 123 Å². The lowest BCUT2D eigenvalue weighted by Crippen LogP contribution is -2.26. The number of benzene rings is 1. The highest BCUT2D eigenvalue weighted by Crippen LogP contribution is 2.17. The van der Waals surface area contributed by atoms with Crippen molar-refractivity contribution in [3.05, 3.63) is 41.8 Å². The molecule has 1 aromatic carbocycles. The molecule has 1 radical (unpaired) electrons. The Balaban J connectivity index is 1.62. The van der Waals surface area contributed by atoms with Gasteiger partial charge in [0.25, 0.3) is 0 Å². The molecule has 0 heterocycles. The molecule has 2 heteroatoms. The third-order valence-corrected chi connectivity index (χ3v) is 4.18. The van der Waals surface area contributed by atoms with Crippen molar-refractivity contribution in [2.45, 2.75) is 57.9 Å². The molecule has 0 spiro atoms. The van der Waals surface area contributed by atoms with Crippen molar-refractivity contribution >= 4 is 5.78 Å². The molecule has 2 rings (SSSR count). The van der Waals surface area contributed by atoms with Crippen molar-refractivity contribution in [1.82, 2.24) is 5.32 Å². The summed E-state index contributed by atoms with van der Waals surface area (Å²) in [5.41, 5.74) is 2.12. The van der Waals surface area contributed by atoms with Crippen molar-refractivity contribution in [1.29, 1.82) is 0 Å². The summed E-state index contributed by atoms with van der Waals surface area (Å²) in [5, 5.41) is 3.65. The van der Waals surface area contributed by atoms with Crippen LogP contribution in [0.1, 0.15) is 61.4 Å². The highest BCUT2D eigenvalue weighted by Gasteiger charge is 2.13. The van der Waals surface area contributed by atoms with E-state index >= 15 is 0 Å². The number of carbonyl (C=O) groups excluding carboxylic acids is 1. The maximum absolute atomic E-state index is 11.5. The molecule has 0 aromatic heterocycles. The fraction of sp³-hybridized carbons (Fsp3) is 0.556. The summed E-state index contributed by atoms with van der Waals surface area (Å²) in [4.78, 5) is 11.5. The van der Waals surface area contributed by atoms with E-state index in [0.29, 0.717) is 0 Å². The Morgan fingerprint density at radius 1 is 1.20 bits per heavy atom. The average molecular weight is 272 g/mol. The van der Waals surface area contributed by atoms with Gasteiger partial charge in [0, 0.05) is 18.0 Å². The average Bonchev–Trinajstić information content (AvgIpc) is 3.00. The first-order valence-corrected chi connectivity index (χ1v) is 7.95. The molecule has 2 nitrogen and oxygen atoms in total. The fourth-order valence-corrected chi connectivity index (χ4v) is 2.89. The van der Waals surface area contributed by atoms with E-state index in [1.807, 2.05) is 12.1 Å². The Bertz CT molecular complexity index is 404. The quantitative estimate of drug-likeness (QED) is 0.573. The van der Waals surface area contributed by atoms with Gasteiger partial charge in [0.1, 0.15) is 0 Å². The summed E-state index contributed by atoms with van der Waals surface area (Å²) in [6.45, 7) is 2.93. The van der Waals surface area contributed by atoms with Crippen LogP contribution in [0.15, 0.2) is 24.3 Å². The molecule has 1 N–H and O–H groups in total. The van der Waals surface area contributed by atoms with Crippen LogP contribution in [-0.4, -0.2) is 18.4 Å². The monoisotopic (exact) mass is 272 g/mol. The zero-order chi connectivity index (χ0) is 14.2. The summed E-state index contributed by atoms with van der Waals surface area (Å²) in [6.07, 6.45) is 10.7. The minimum atomic E-state index is 0.109. The Kier molecular flexibility index (Phi) is 6.25. The molecule has 0 bridgehead atoms. The van der Waals surface area contributed by atoms with Crippen LogP contribution in [0, 0.1) is 6.42 Å². The lowest BCUT2D eigenvalue weighted by atomic mass is 10.0. The third kappa shape index (κ3) is 4.75. The van der Waals surface area contributed by atoms with Crippen LogP contribution in [0.4, 0.5) is 0 Å². The number of Topliss-reactive ketones (excluding diaryl/α,β-unsaturated/α-hetero) is 1. The predicted molar refractivity (Wildman–Crippen MR) is 83.9 cm³/mol. The topological polar surface area (TPSA) is 29.1 Å². The van der Waals surface area contributed by atoms with E-state index in [0.717, 1.165) is 24.6 Å². The van der Waals surface area contributed by atoms with Crippen LogP contribution in [-0.2, 0) is 6.42 Å². The van der Waals surface area contributed by atoms with Gasteiger partial charge >= 0.3 is 0 Å². The number of aryl methyl sites for hydroxylation is 1. The maximum atomic E-state index is 11.5. The summed E-state index contributed by atoms with van der Waals surface area (Å²) >= 11 is 0. The molecule has 1 fully saturated rings. The van der Waals surface area contributed by atoms with Crippen molar-refractivity contribution in [3.63, 3.8) is 0 Å². The van der Waals surface area contributed by atoms with Crippen molar-refractivity contribution < 1.29 is 4.79 Å². The summed E-state index contributed by atoms with van der Waals surface area (Å²) in [6, 6.07) is 8.83. The van der Waals surface area contributed by atoms with Gasteiger partial charge < -0.3 is 5.32 Å². The van der Waals surface area contributed by atoms with Gasteiger partial charge in [0.15, 0.2) is 5.78 Å². The minimum absolute atomic E-state index is 0.109. The normalized spacial score (nSPS) is 15.7. The van der Waals surface area contributed by atoms with Gasteiger partial charge in [-0.15, -0.1) is 0 Å². The predicted octanol–water partition coefficient (Wildman–Crippen LogP) is 3.95. The zero-order valence-corrected chi connectivity index (χ0v) is 12.5. The van der Waals surface area contributed by atoms with Crippen LogP contribution >= 0.6 is 0 Å². The number of nitrogens with one attached hydrogen (secondary N) is 1. The van der Waals surface area contributed by atoms with Crippen LogP contribution in [0.25, 0.3) is 0 Å². The van der Waals surface area contributed by atoms with Gasteiger partial charge in [0.05, 0.1) is 0 Å². The molecule has 109 valence electrons. The molecule has 0 amide bonds. The first-order valence-electron chi connectivity index (χ1n) is 7.95.